The lowest BCUT2D eigenvalue weighted by molar-refractivity contribution is -0.115. The zero-order valence-corrected chi connectivity index (χ0v) is 16.4. The molecule has 0 radical (unpaired) electrons. The highest BCUT2D eigenvalue weighted by Gasteiger charge is 2.13. The van der Waals surface area contributed by atoms with Gasteiger partial charge in [-0.3, -0.25) is 4.79 Å². The van der Waals surface area contributed by atoms with Gasteiger partial charge in [-0.15, -0.1) is 0 Å². The average Bonchev–Trinajstić information content (AvgIpc) is 2.67. The maximum Gasteiger partial charge on any atom is 0.229 e. The summed E-state index contributed by atoms with van der Waals surface area (Å²) in [4.78, 5) is 12.4. The van der Waals surface area contributed by atoms with Crippen molar-refractivity contribution in [2.24, 2.45) is 0 Å². The van der Waals surface area contributed by atoms with Crippen LogP contribution in [0.4, 0.5) is 10.1 Å². The standard InChI is InChI=1S/C21H16Cl2FNO3/c1-27-16-5-7-17(8-6-16)28-20-9-4-15(23)12-19(20)25-21(26)10-13-2-3-14(22)11-18(13)24/h2-9,11-12H,10H2,1H3,(H,25,26). The SMILES string of the molecule is COc1ccc(Oc2ccc(Cl)cc2NC(=O)Cc2ccc(Cl)cc2F)cc1. The lowest BCUT2D eigenvalue weighted by atomic mass is 10.1. The number of nitrogens with one attached hydrogen (secondary N) is 1. The summed E-state index contributed by atoms with van der Waals surface area (Å²) in [5.74, 6) is 0.704. The van der Waals surface area contributed by atoms with Crippen molar-refractivity contribution in [3.8, 4) is 17.2 Å². The van der Waals surface area contributed by atoms with E-state index in [-0.39, 0.29) is 17.0 Å². The van der Waals surface area contributed by atoms with Gasteiger partial charge >= 0.3 is 0 Å². The van der Waals surface area contributed by atoms with Crippen LogP contribution in [0.15, 0.2) is 60.7 Å². The topological polar surface area (TPSA) is 47.6 Å². The number of methoxy groups -OCH3 is 1. The first kappa shape index (κ1) is 20.0. The van der Waals surface area contributed by atoms with Crippen molar-refractivity contribution < 1.29 is 18.7 Å². The molecular formula is C21H16Cl2FNO3. The van der Waals surface area contributed by atoms with Gasteiger partial charge in [0.05, 0.1) is 19.2 Å². The molecule has 0 spiro atoms. The number of rotatable bonds is 6. The van der Waals surface area contributed by atoms with Crippen molar-refractivity contribution in [1.82, 2.24) is 0 Å². The van der Waals surface area contributed by atoms with E-state index >= 15 is 0 Å². The van der Waals surface area contributed by atoms with Crippen molar-refractivity contribution in [2.75, 3.05) is 12.4 Å². The minimum Gasteiger partial charge on any atom is -0.497 e. The number of benzene rings is 3. The Kier molecular flexibility index (Phi) is 6.39. The van der Waals surface area contributed by atoms with Gasteiger partial charge in [0, 0.05) is 10.0 Å². The smallest absolute Gasteiger partial charge is 0.229 e. The van der Waals surface area contributed by atoms with Gasteiger partial charge in [-0.2, -0.15) is 0 Å². The highest BCUT2D eigenvalue weighted by Crippen LogP contribution is 2.33. The van der Waals surface area contributed by atoms with E-state index in [1.54, 1.807) is 49.6 Å². The molecule has 0 heterocycles. The van der Waals surface area contributed by atoms with Crippen LogP contribution >= 0.6 is 23.2 Å². The van der Waals surface area contributed by atoms with Gasteiger partial charge in [-0.25, -0.2) is 4.39 Å². The van der Waals surface area contributed by atoms with Gasteiger partial charge in [-0.05, 0) is 60.2 Å². The van der Waals surface area contributed by atoms with Crippen molar-refractivity contribution in [3.05, 3.63) is 82.1 Å². The van der Waals surface area contributed by atoms with Crippen LogP contribution in [0.25, 0.3) is 0 Å². The number of amides is 1. The van der Waals surface area contributed by atoms with E-state index in [0.717, 1.165) is 0 Å². The predicted molar refractivity (Wildman–Crippen MR) is 108 cm³/mol. The molecule has 3 aromatic carbocycles. The van der Waals surface area contributed by atoms with Crippen molar-refractivity contribution in [3.63, 3.8) is 0 Å². The molecule has 7 heteroatoms. The summed E-state index contributed by atoms with van der Waals surface area (Å²) in [7, 11) is 1.58. The van der Waals surface area contributed by atoms with E-state index in [9.17, 15) is 9.18 Å². The molecule has 0 saturated carbocycles. The third-order valence-electron chi connectivity index (χ3n) is 3.87. The molecule has 0 atom stereocenters. The number of halogens is 3. The molecule has 3 rings (SSSR count). The summed E-state index contributed by atoms with van der Waals surface area (Å²) in [6.45, 7) is 0. The van der Waals surface area contributed by atoms with Gasteiger partial charge < -0.3 is 14.8 Å². The Bertz CT molecular complexity index is 993. The first-order valence-electron chi connectivity index (χ1n) is 8.30. The highest BCUT2D eigenvalue weighted by molar-refractivity contribution is 6.31. The van der Waals surface area contributed by atoms with Crippen LogP contribution in [0.5, 0.6) is 17.2 Å². The fraction of sp³-hybridized carbons (Fsp3) is 0.0952. The minimum atomic E-state index is -0.538. The number of anilines is 1. The van der Waals surface area contributed by atoms with Gasteiger partial charge in [-0.1, -0.05) is 29.3 Å². The second-order valence-corrected chi connectivity index (χ2v) is 6.75. The maximum absolute atomic E-state index is 13.9. The highest BCUT2D eigenvalue weighted by atomic mass is 35.5. The fourth-order valence-corrected chi connectivity index (χ4v) is 2.82. The summed E-state index contributed by atoms with van der Waals surface area (Å²) >= 11 is 11.8. The van der Waals surface area contributed by atoms with E-state index in [0.29, 0.717) is 28.0 Å². The quantitative estimate of drug-likeness (QED) is 0.523. The molecule has 0 bridgehead atoms. The average molecular weight is 420 g/mol. The first-order valence-corrected chi connectivity index (χ1v) is 9.05. The number of ether oxygens (including phenoxy) is 2. The molecule has 144 valence electrons. The van der Waals surface area contributed by atoms with E-state index in [1.807, 2.05) is 0 Å². The molecule has 3 aromatic rings. The zero-order chi connectivity index (χ0) is 20.1. The normalized spacial score (nSPS) is 10.4. The van der Waals surface area contributed by atoms with Crippen LogP contribution in [-0.4, -0.2) is 13.0 Å². The van der Waals surface area contributed by atoms with E-state index in [1.165, 1.54) is 18.2 Å². The van der Waals surface area contributed by atoms with Crippen LogP contribution in [0.1, 0.15) is 5.56 Å². The van der Waals surface area contributed by atoms with E-state index in [4.69, 9.17) is 32.7 Å². The molecule has 0 unspecified atom stereocenters. The Labute approximate surface area is 171 Å². The molecule has 0 aliphatic rings. The Morgan fingerprint density at radius 3 is 2.29 bits per heavy atom. The summed E-state index contributed by atoms with van der Waals surface area (Å²) in [5, 5.41) is 3.41. The molecule has 28 heavy (non-hydrogen) atoms. The van der Waals surface area contributed by atoms with Crippen LogP contribution in [-0.2, 0) is 11.2 Å². The second-order valence-electron chi connectivity index (χ2n) is 5.88. The van der Waals surface area contributed by atoms with Crippen LogP contribution in [0.2, 0.25) is 10.0 Å². The van der Waals surface area contributed by atoms with Crippen LogP contribution < -0.4 is 14.8 Å². The zero-order valence-electron chi connectivity index (χ0n) is 14.8. The lowest BCUT2D eigenvalue weighted by Gasteiger charge is -2.13. The molecular weight excluding hydrogens is 404 g/mol. The second kappa shape index (κ2) is 8.95. The Balaban J connectivity index is 1.76. The van der Waals surface area contributed by atoms with Crippen LogP contribution in [0, 0.1) is 5.82 Å². The maximum atomic E-state index is 13.9. The summed E-state index contributed by atoms with van der Waals surface area (Å²) < 4.78 is 24.9. The molecule has 4 nitrogen and oxygen atoms in total. The molecule has 0 aliphatic heterocycles. The van der Waals surface area contributed by atoms with Crippen LogP contribution in [0.3, 0.4) is 0 Å². The van der Waals surface area contributed by atoms with Gasteiger partial charge in [0.1, 0.15) is 17.3 Å². The Hall–Kier alpha value is -2.76. The number of carbonyl (C=O) groups excluding carboxylic acids is 1. The minimum absolute atomic E-state index is 0.155. The molecule has 0 aliphatic carbocycles. The Morgan fingerprint density at radius 1 is 0.964 bits per heavy atom. The molecule has 0 saturated heterocycles. The third-order valence-corrected chi connectivity index (χ3v) is 4.34. The van der Waals surface area contributed by atoms with E-state index in [2.05, 4.69) is 5.32 Å². The predicted octanol–water partition coefficient (Wildman–Crippen LogP) is 6.11. The van der Waals surface area contributed by atoms with Crippen molar-refractivity contribution in [1.29, 1.82) is 0 Å². The largest absolute Gasteiger partial charge is 0.497 e. The van der Waals surface area contributed by atoms with Crippen molar-refractivity contribution >= 4 is 34.8 Å². The summed E-state index contributed by atoms with van der Waals surface area (Å²) in [6.07, 6.45) is -0.155. The van der Waals surface area contributed by atoms with Gasteiger partial charge in [0.2, 0.25) is 5.91 Å². The van der Waals surface area contributed by atoms with Gasteiger partial charge in [0.15, 0.2) is 5.75 Å². The molecule has 0 fully saturated rings. The first-order chi connectivity index (χ1) is 13.4. The Morgan fingerprint density at radius 2 is 1.61 bits per heavy atom. The lowest BCUT2D eigenvalue weighted by Crippen LogP contribution is -2.15. The van der Waals surface area contributed by atoms with Gasteiger partial charge in [0.25, 0.3) is 0 Å². The summed E-state index contributed by atoms with van der Waals surface area (Å²) in [6, 6.07) is 16.0. The monoisotopic (exact) mass is 419 g/mol. The van der Waals surface area contributed by atoms with Crippen molar-refractivity contribution in [2.45, 2.75) is 6.42 Å². The third kappa shape index (κ3) is 5.15. The number of carbonyl (C=O) groups is 1. The molecule has 1 N–H and O–H groups in total. The summed E-state index contributed by atoms with van der Waals surface area (Å²) in [5.41, 5.74) is 0.615. The number of hydrogen-bond donors (Lipinski definition) is 1. The number of hydrogen-bond acceptors (Lipinski definition) is 3. The molecule has 0 aromatic heterocycles. The fourth-order valence-electron chi connectivity index (χ4n) is 2.49. The van der Waals surface area contributed by atoms with E-state index < -0.39 is 11.7 Å². The molecule has 1 amide bonds.